The van der Waals surface area contributed by atoms with Crippen molar-refractivity contribution in [2.24, 2.45) is 5.73 Å². The SMILES string of the molecule is C=C(O)[C@@](C)(N)CC. The maximum Gasteiger partial charge on any atom is 0.105 e. The zero-order valence-corrected chi connectivity index (χ0v) is 5.44. The van der Waals surface area contributed by atoms with Crippen molar-refractivity contribution >= 4 is 0 Å². The molecule has 0 aromatic heterocycles. The first-order valence-corrected chi connectivity index (χ1v) is 2.68. The molecular formula is C6H13NO. The van der Waals surface area contributed by atoms with Gasteiger partial charge in [-0.2, -0.15) is 0 Å². The van der Waals surface area contributed by atoms with Gasteiger partial charge in [-0.25, -0.2) is 0 Å². The van der Waals surface area contributed by atoms with E-state index in [2.05, 4.69) is 6.58 Å². The molecule has 0 rings (SSSR count). The van der Waals surface area contributed by atoms with Gasteiger partial charge in [-0.05, 0) is 13.3 Å². The highest BCUT2D eigenvalue weighted by Crippen LogP contribution is 2.11. The predicted octanol–water partition coefficient (Wildman–Crippen LogP) is 1.19. The molecule has 0 saturated heterocycles. The van der Waals surface area contributed by atoms with Gasteiger partial charge in [0.1, 0.15) is 5.76 Å². The number of rotatable bonds is 2. The molecule has 0 aromatic carbocycles. The zero-order valence-electron chi connectivity index (χ0n) is 5.44. The number of hydrogen-bond donors (Lipinski definition) is 2. The Morgan fingerprint density at radius 1 is 1.88 bits per heavy atom. The topological polar surface area (TPSA) is 46.2 Å². The summed E-state index contributed by atoms with van der Waals surface area (Å²) >= 11 is 0. The van der Waals surface area contributed by atoms with E-state index in [1.54, 1.807) is 6.92 Å². The van der Waals surface area contributed by atoms with Gasteiger partial charge in [0.2, 0.25) is 0 Å². The normalized spacial score (nSPS) is 17.4. The molecule has 0 aromatic rings. The van der Waals surface area contributed by atoms with E-state index in [-0.39, 0.29) is 5.76 Å². The van der Waals surface area contributed by atoms with Gasteiger partial charge in [0, 0.05) is 0 Å². The van der Waals surface area contributed by atoms with Crippen molar-refractivity contribution in [2.45, 2.75) is 25.8 Å². The van der Waals surface area contributed by atoms with Gasteiger partial charge in [-0.15, -0.1) is 0 Å². The van der Waals surface area contributed by atoms with Gasteiger partial charge < -0.3 is 10.8 Å². The van der Waals surface area contributed by atoms with Crippen molar-refractivity contribution < 1.29 is 5.11 Å². The lowest BCUT2D eigenvalue weighted by atomic mass is 9.99. The highest BCUT2D eigenvalue weighted by molar-refractivity contribution is 5.03. The standard InChI is InChI=1S/C6H13NO/c1-4-6(3,7)5(2)8/h8H,2,4,7H2,1,3H3/t6-/m0/s1. The van der Waals surface area contributed by atoms with Crippen LogP contribution in [0.3, 0.4) is 0 Å². The Morgan fingerprint density at radius 3 is 2.25 bits per heavy atom. The summed E-state index contributed by atoms with van der Waals surface area (Å²) in [7, 11) is 0. The lowest BCUT2D eigenvalue weighted by Crippen LogP contribution is -2.36. The third kappa shape index (κ3) is 1.54. The highest BCUT2D eigenvalue weighted by Gasteiger charge is 2.18. The summed E-state index contributed by atoms with van der Waals surface area (Å²) in [6.07, 6.45) is 0.711. The smallest absolute Gasteiger partial charge is 0.105 e. The molecular weight excluding hydrogens is 102 g/mol. The summed E-state index contributed by atoms with van der Waals surface area (Å²) in [5, 5.41) is 8.76. The molecule has 0 spiro atoms. The van der Waals surface area contributed by atoms with E-state index in [1.165, 1.54) is 0 Å². The van der Waals surface area contributed by atoms with Crippen LogP contribution in [0.4, 0.5) is 0 Å². The molecule has 0 radical (unpaired) electrons. The largest absolute Gasteiger partial charge is 0.511 e. The van der Waals surface area contributed by atoms with Gasteiger partial charge in [0.15, 0.2) is 0 Å². The van der Waals surface area contributed by atoms with Crippen LogP contribution < -0.4 is 5.73 Å². The fourth-order valence-corrected chi connectivity index (χ4v) is 0.204. The maximum atomic E-state index is 8.76. The van der Waals surface area contributed by atoms with Gasteiger partial charge >= 0.3 is 0 Å². The molecule has 48 valence electrons. The van der Waals surface area contributed by atoms with Crippen LogP contribution >= 0.6 is 0 Å². The monoisotopic (exact) mass is 115 g/mol. The van der Waals surface area contributed by atoms with Crippen molar-refractivity contribution in [3.63, 3.8) is 0 Å². The van der Waals surface area contributed by atoms with Gasteiger partial charge in [-0.1, -0.05) is 13.5 Å². The average molecular weight is 115 g/mol. The summed E-state index contributed by atoms with van der Waals surface area (Å²) in [6, 6.07) is 0. The van der Waals surface area contributed by atoms with E-state index in [1.807, 2.05) is 6.92 Å². The summed E-state index contributed by atoms with van der Waals surface area (Å²) in [5.41, 5.74) is 4.91. The van der Waals surface area contributed by atoms with Crippen molar-refractivity contribution in [1.29, 1.82) is 0 Å². The van der Waals surface area contributed by atoms with Crippen molar-refractivity contribution in [1.82, 2.24) is 0 Å². The van der Waals surface area contributed by atoms with E-state index >= 15 is 0 Å². The van der Waals surface area contributed by atoms with Crippen molar-refractivity contribution in [3.8, 4) is 0 Å². The number of aliphatic hydroxyl groups excluding tert-OH is 1. The highest BCUT2D eigenvalue weighted by atomic mass is 16.3. The third-order valence-corrected chi connectivity index (χ3v) is 1.39. The van der Waals surface area contributed by atoms with Crippen LogP contribution in [0.15, 0.2) is 12.3 Å². The fraction of sp³-hybridized carbons (Fsp3) is 0.667. The number of aliphatic hydroxyl groups is 1. The minimum absolute atomic E-state index is 0.0556. The Kier molecular flexibility index (Phi) is 2.04. The van der Waals surface area contributed by atoms with E-state index < -0.39 is 5.54 Å². The quantitative estimate of drug-likeness (QED) is 0.531. The molecule has 0 aliphatic rings. The van der Waals surface area contributed by atoms with Crippen molar-refractivity contribution in [3.05, 3.63) is 12.3 Å². The fourth-order valence-electron chi connectivity index (χ4n) is 0.204. The van der Waals surface area contributed by atoms with Crippen LogP contribution in [0, 0.1) is 0 Å². The number of nitrogens with two attached hydrogens (primary N) is 1. The van der Waals surface area contributed by atoms with Crippen molar-refractivity contribution in [2.75, 3.05) is 0 Å². The second-order valence-corrected chi connectivity index (χ2v) is 2.22. The van der Waals surface area contributed by atoms with E-state index in [4.69, 9.17) is 10.8 Å². The Balaban J connectivity index is 3.91. The molecule has 1 atom stereocenters. The predicted molar refractivity (Wildman–Crippen MR) is 34.7 cm³/mol. The molecule has 3 N–H and O–H groups in total. The molecule has 0 heterocycles. The number of hydrogen-bond acceptors (Lipinski definition) is 2. The second-order valence-electron chi connectivity index (χ2n) is 2.22. The molecule has 0 fully saturated rings. The Labute approximate surface area is 50.0 Å². The first-order valence-electron chi connectivity index (χ1n) is 2.68. The van der Waals surface area contributed by atoms with E-state index in [0.29, 0.717) is 6.42 Å². The summed E-state index contributed by atoms with van der Waals surface area (Å²) in [5.74, 6) is 0.0556. The van der Waals surface area contributed by atoms with E-state index in [0.717, 1.165) is 0 Å². The minimum Gasteiger partial charge on any atom is -0.511 e. The second kappa shape index (κ2) is 2.18. The van der Waals surface area contributed by atoms with Crippen LogP contribution in [0.2, 0.25) is 0 Å². The summed E-state index contributed by atoms with van der Waals surface area (Å²) in [4.78, 5) is 0. The molecule has 0 aliphatic carbocycles. The Morgan fingerprint density at radius 2 is 2.25 bits per heavy atom. The molecule has 0 unspecified atom stereocenters. The minimum atomic E-state index is -0.597. The first kappa shape index (κ1) is 7.50. The van der Waals surface area contributed by atoms with Crippen LogP contribution in [0.25, 0.3) is 0 Å². The third-order valence-electron chi connectivity index (χ3n) is 1.39. The summed E-state index contributed by atoms with van der Waals surface area (Å²) < 4.78 is 0. The maximum absolute atomic E-state index is 8.76. The Hall–Kier alpha value is -0.500. The van der Waals surface area contributed by atoms with Gasteiger partial charge in [0.05, 0.1) is 5.54 Å². The lowest BCUT2D eigenvalue weighted by Gasteiger charge is -2.19. The van der Waals surface area contributed by atoms with Crippen LogP contribution in [0.1, 0.15) is 20.3 Å². The van der Waals surface area contributed by atoms with E-state index in [9.17, 15) is 0 Å². The zero-order chi connectivity index (χ0) is 6.78. The van der Waals surface area contributed by atoms with Gasteiger partial charge in [0.25, 0.3) is 0 Å². The summed E-state index contributed by atoms with van der Waals surface area (Å²) in [6.45, 7) is 6.98. The molecule has 0 saturated carbocycles. The molecule has 2 nitrogen and oxygen atoms in total. The molecule has 2 heteroatoms. The lowest BCUT2D eigenvalue weighted by molar-refractivity contribution is 0.305. The van der Waals surface area contributed by atoms with Crippen LogP contribution in [-0.2, 0) is 0 Å². The molecule has 8 heavy (non-hydrogen) atoms. The molecule has 0 aliphatic heterocycles. The average Bonchev–Trinajstić information content (AvgIpc) is 1.67. The van der Waals surface area contributed by atoms with Gasteiger partial charge in [-0.3, -0.25) is 0 Å². The first-order chi connectivity index (χ1) is 3.50. The van der Waals surface area contributed by atoms with Crippen LogP contribution in [0.5, 0.6) is 0 Å². The molecule has 0 amide bonds. The Bertz CT molecular complexity index is 96.7. The van der Waals surface area contributed by atoms with Crippen LogP contribution in [-0.4, -0.2) is 10.6 Å². The molecule has 0 bridgehead atoms.